The van der Waals surface area contributed by atoms with E-state index in [4.69, 9.17) is 27.9 Å². The van der Waals surface area contributed by atoms with Crippen LogP contribution in [0.25, 0.3) is 0 Å². The van der Waals surface area contributed by atoms with E-state index in [-0.39, 0.29) is 37.8 Å². The predicted octanol–water partition coefficient (Wildman–Crippen LogP) is 3.53. The number of carbonyl (C=O) groups excluding carboxylic acids is 6. The number of ketones is 1. The molecule has 5 amide bonds. The minimum absolute atomic E-state index is 0.0778. The van der Waals surface area contributed by atoms with E-state index in [1.807, 2.05) is 20.8 Å². The summed E-state index contributed by atoms with van der Waals surface area (Å²) in [6.45, 7) is 14.3. The first-order valence-corrected chi connectivity index (χ1v) is 17.2. The monoisotopic (exact) mass is 699 g/mol. The molecule has 2 saturated carbocycles. The molecule has 0 aromatic rings. The van der Waals surface area contributed by atoms with Gasteiger partial charge in [0.25, 0.3) is 5.91 Å². The number of ether oxygens (including phenoxy) is 1. The Morgan fingerprint density at radius 2 is 1.64 bits per heavy atom. The normalized spacial score (nSPS) is 23.4. The second-order valence-electron chi connectivity index (χ2n) is 14.9. The van der Waals surface area contributed by atoms with Gasteiger partial charge < -0.3 is 30.9 Å². The highest BCUT2D eigenvalue weighted by Crippen LogP contribution is 2.65. The fourth-order valence-electron chi connectivity index (χ4n) is 6.40. The lowest BCUT2D eigenvalue weighted by Crippen LogP contribution is -2.61. The molecule has 1 aliphatic heterocycles. The van der Waals surface area contributed by atoms with Gasteiger partial charge in [0, 0.05) is 30.5 Å². The molecule has 0 spiro atoms. The third kappa shape index (κ3) is 10.6. The molecular weight excluding hydrogens is 649 g/mol. The van der Waals surface area contributed by atoms with Crippen molar-refractivity contribution in [1.29, 1.82) is 0 Å². The number of Topliss-reactive ketones (excluding diaryl/α,β-unsaturated/α-hetero) is 1. The lowest BCUT2D eigenvalue weighted by molar-refractivity contribution is -0.154. The van der Waals surface area contributed by atoms with Crippen LogP contribution in [-0.4, -0.2) is 87.1 Å². The SMILES string of the molecule is C=CCCC(NC(=O)[C@@H]1C2C(CN1C(=O)C(NC(=O)NC(C)(C)C)C1CCCCC1)C2(Cl)Cl)C(=O)C(=O)NCCC(=O)OC(C)(C)C. The number of rotatable bonds is 13. The summed E-state index contributed by atoms with van der Waals surface area (Å²) in [6.07, 6.45) is 6.19. The van der Waals surface area contributed by atoms with Crippen molar-refractivity contribution in [2.75, 3.05) is 13.1 Å². The number of esters is 1. The number of piperidine rings is 1. The third-order valence-electron chi connectivity index (χ3n) is 8.60. The molecule has 4 N–H and O–H groups in total. The number of amides is 5. The molecule has 14 heteroatoms. The van der Waals surface area contributed by atoms with Crippen LogP contribution in [0.4, 0.5) is 4.79 Å². The maximum Gasteiger partial charge on any atom is 0.315 e. The van der Waals surface area contributed by atoms with Gasteiger partial charge in [0.15, 0.2) is 0 Å². The number of nitrogens with one attached hydrogen (secondary N) is 4. The van der Waals surface area contributed by atoms with Crippen molar-refractivity contribution in [3.8, 4) is 0 Å². The summed E-state index contributed by atoms with van der Waals surface area (Å²) in [6, 6.07) is -3.71. The number of hydrogen-bond donors (Lipinski definition) is 4. The molecule has 2 aliphatic carbocycles. The van der Waals surface area contributed by atoms with Crippen LogP contribution in [0.15, 0.2) is 12.7 Å². The van der Waals surface area contributed by atoms with Crippen molar-refractivity contribution >= 4 is 58.7 Å². The molecule has 5 atom stereocenters. The summed E-state index contributed by atoms with van der Waals surface area (Å²) in [5.74, 6) is -4.58. The maximum absolute atomic E-state index is 14.2. The van der Waals surface area contributed by atoms with Crippen molar-refractivity contribution in [3.63, 3.8) is 0 Å². The number of hydrogen-bond acceptors (Lipinski definition) is 7. The third-order valence-corrected chi connectivity index (χ3v) is 9.66. The summed E-state index contributed by atoms with van der Waals surface area (Å²) in [4.78, 5) is 80.6. The van der Waals surface area contributed by atoms with Crippen LogP contribution < -0.4 is 21.3 Å². The Morgan fingerprint density at radius 1 is 1.00 bits per heavy atom. The second-order valence-corrected chi connectivity index (χ2v) is 16.3. The summed E-state index contributed by atoms with van der Waals surface area (Å²) < 4.78 is 3.98. The number of likely N-dealkylation sites (tertiary alicyclic amines) is 1. The van der Waals surface area contributed by atoms with E-state index in [9.17, 15) is 28.8 Å². The average Bonchev–Trinajstić information content (AvgIpc) is 3.26. The van der Waals surface area contributed by atoms with Gasteiger partial charge in [-0.3, -0.25) is 24.0 Å². The van der Waals surface area contributed by atoms with E-state index < -0.39 is 75.0 Å². The van der Waals surface area contributed by atoms with Gasteiger partial charge in [-0.05, 0) is 73.1 Å². The minimum atomic E-state index is -1.24. The lowest BCUT2D eigenvalue weighted by Gasteiger charge is -2.37. The Labute approximate surface area is 287 Å². The topological polar surface area (TPSA) is 163 Å². The standard InChI is InChI=1S/C33H51Cl2N5O7/c1-8-9-15-21(26(42)28(44)36-17-16-22(41)47-32(5,6)7)37-27(43)25-23-20(33(23,34)35)18-40(25)29(45)24(19-13-11-10-12-14-19)38-30(46)39-31(2,3)4/h8,19-21,23-25H,1,9-18H2,2-7H3,(H,36,44)(H,37,43)(H2,38,39,46)/t20?,21?,23?,24?,25-/m0/s1. The molecule has 0 radical (unpaired) electrons. The molecular formula is C33H51Cl2N5O7. The number of halogens is 2. The van der Waals surface area contributed by atoms with Crippen molar-refractivity contribution in [2.24, 2.45) is 17.8 Å². The number of alkyl halides is 2. The quantitative estimate of drug-likeness (QED) is 0.0989. The minimum Gasteiger partial charge on any atom is -0.460 e. The lowest BCUT2D eigenvalue weighted by atomic mass is 9.83. The van der Waals surface area contributed by atoms with Gasteiger partial charge in [0.2, 0.25) is 17.6 Å². The van der Waals surface area contributed by atoms with E-state index in [1.165, 1.54) is 4.90 Å². The number of carbonyl (C=O) groups is 6. The van der Waals surface area contributed by atoms with Crippen molar-refractivity contribution in [2.45, 2.75) is 127 Å². The number of fused-ring (bicyclic) bond motifs is 1. The van der Waals surface area contributed by atoms with E-state index in [0.717, 1.165) is 32.1 Å². The molecule has 12 nitrogen and oxygen atoms in total. The number of urea groups is 1. The van der Waals surface area contributed by atoms with Crippen molar-refractivity contribution < 1.29 is 33.5 Å². The zero-order valence-electron chi connectivity index (χ0n) is 28.4. The zero-order valence-corrected chi connectivity index (χ0v) is 29.9. The molecule has 1 saturated heterocycles. The van der Waals surface area contributed by atoms with Crippen LogP contribution in [0.2, 0.25) is 0 Å². The summed E-state index contributed by atoms with van der Waals surface area (Å²) in [5, 5.41) is 10.8. The van der Waals surface area contributed by atoms with Gasteiger partial charge in [-0.1, -0.05) is 25.3 Å². The van der Waals surface area contributed by atoms with Crippen LogP contribution in [0, 0.1) is 17.8 Å². The van der Waals surface area contributed by atoms with E-state index >= 15 is 0 Å². The first kappa shape index (κ1) is 38.6. The molecule has 3 aliphatic rings. The molecule has 3 rings (SSSR count). The van der Waals surface area contributed by atoms with Gasteiger partial charge in [0.05, 0.1) is 12.5 Å². The van der Waals surface area contributed by atoms with E-state index in [1.54, 1.807) is 26.8 Å². The Kier molecular flexibility index (Phi) is 12.8. The highest BCUT2D eigenvalue weighted by Gasteiger charge is 2.74. The molecule has 0 bridgehead atoms. The van der Waals surface area contributed by atoms with Gasteiger partial charge in [-0.15, -0.1) is 29.8 Å². The summed E-state index contributed by atoms with van der Waals surface area (Å²) in [7, 11) is 0. The smallest absolute Gasteiger partial charge is 0.315 e. The Balaban J connectivity index is 1.77. The molecule has 0 aromatic carbocycles. The highest BCUT2D eigenvalue weighted by molar-refractivity contribution is 6.51. The molecule has 0 aromatic heterocycles. The average molecular weight is 701 g/mol. The first-order valence-electron chi connectivity index (χ1n) is 16.5. The second kappa shape index (κ2) is 15.6. The van der Waals surface area contributed by atoms with E-state index in [0.29, 0.717) is 6.42 Å². The fraction of sp³-hybridized carbons (Fsp3) is 0.758. The van der Waals surface area contributed by atoms with Gasteiger partial charge in [0.1, 0.15) is 22.0 Å². The zero-order chi connectivity index (χ0) is 35.3. The highest BCUT2D eigenvalue weighted by atomic mass is 35.5. The molecule has 47 heavy (non-hydrogen) atoms. The van der Waals surface area contributed by atoms with Gasteiger partial charge >= 0.3 is 12.0 Å². The summed E-state index contributed by atoms with van der Waals surface area (Å²) >= 11 is 13.1. The van der Waals surface area contributed by atoms with Gasteiger partial charge in [-0.2, -0.15) is 0 Å². The molecule has 3 fully saturated rings. The molecule has 264 valence electrons. The largest absolute Gasteiger partial charge is 0.460 e. The van der Waals surface area contributed by atoms with Crippen LogP contribution in [0.1, 0.15) is 92.9 Å². The number of allylic oxidation sites excluding steroid dienone is 1. The van der Waals surface area contributed by atoms with Crippen LogP contribution in [0.5, 0.6) is 0 Å². The first-order chi connectivity index (χ1) is 21.8. The van der Waals surface area contributed by atoms with E-state index in [2.05, 4.69) is 27.8 Å². The Morgan fingerprint density at radius 3 is 2.21 bits per heavy atom. The van der Waals surface area contributed by atoms with Crippen LogP contribution >= 0.6 is 23.2 Å². The molecule has 1 heterocycles. The van der Waals surface area contributed by atoms with Crippen molar-refractivity contribution in [1.82, 2.24) is 26.2 Å². The number of nitrogens with zero attached hydrogens (tertiary/aromatic N) is 1. The maximum atomic E-state index is 14.2. The Hall–Kier alpha value is -2.86. The van der Waals surface area contributed by atoms with Crippen LogP contribution in [-0.2, 0) is 28.7 Å². The fourth-order valence-corrected chi connectivity index (χ4v) is 7.23. The predicted molar refractivity (Wildman–Crippen MR) is 179 cm³/mol. The summed E-state index contributed by atoms with van der Waals surface area (Å²) in [5.41, 5.74) is -1.23. The van der Waals surface area contributed by atoms with Crippen molar-refractivity contribution in [3.05, 3.63) is 12.7 Å². The van der Waals surface area contributed by atoms with Crippen LogP contribution in [0.3, 0.4) is 0 Å². The molecule has 4 unspecified atom stereocenters. The van der Waals surface area contributed by atoms with Gasteiger partial charge in [-0.25, -0.2) is 4.79 Å². The Bertz CT molecular complexity index is 1220.